The highest BCUT2D eigenvalue weighted by atomic mass is 35.5. The van der Waals surface area contributed by atoms with E-state index in [9.17, 15) is 18.0 Å². The van der Waals surface area contributed by atoms with Crippen molar-refractivity contribution < 1.29 is 27.4 Å². The van der Waals surface area contributed by atoms with Crippen molar-refractivity contribution in [1.29, 1.82) is 0 Å². The second kappa shape index (κ2) is 9.10. The van der Waals surface area contributed by atoms with Crippen LogP contribution in [-0.4, -0.2) is 44.5 Å². The molecule has 0 aliphatic carbocycles. The Balaban J connectivity index is 0.00000288. The van der Waals surface area contributed by atoms with E-state index in [4.69, 9.17) is 9.47 Å². The largest absolute Gasteiger partial charge is 0.484 e. The van der Waals surface area contributed by atoms with E-state index in [2.05, 4.69) is 10.6 Å². The van der Waals surface area contributed by atoms with E-state index in [1.165, 1.54) is 6.07 Å². The van der Waals surface area contributed by atoms with Crippen LogP contribution in [-0.2, 0) is 16.1 Å². The number of ether oxygens (including phenoxy) is 2. The van der Waals surface area contributed by atoms with Gasteiger partial charge in [-0.1, -0.05) is 12.1 Å². The summed E-state index contributed by atoms with van der Waals surface area (Å²) in [6, 6.07) is 4.91. The van der Waals surface area contributed by atoms with Crippen LogP contribution in [0.15, 0.2) is 18.2 Å². The van der Waals surface area contributed by atoms with Crippen LogP contribution in [0, 0.1) is 6.92 Å². The number of hydrogen-bond donors (Lipinski definition) is 2. The van der Waals surface area contributed by atoms with Crippen molar-refractivity contribution in [2.45, 2.75) is 25.7 Å². The average Bonchev–Trinajstić information content (AvgIpc) is 2.52. The van der Waals surface area contributed by atoms with Crippen molar-refractivity contribution in [1.82, 2.24) is 10.6 Å². The third kappa shape index (κ3) is 6.54. The summed E-state index contributed by atoms with van der Waals surface area (Å²) in [6.07, 6.45) is -5.00. The van der Waals surface area contributed by atoms with E-state index in [1.54, 1.807) is 19.1 Å². The van der Waals surface area contributed by atoms with Crippen LogP contribution in [0.5, 0.6) is 5.75 Å². The number of aryl methyl sites for hydroxylation is 1. The molecule has 1 atom stereocenters. The molecule has 0 aromatic heterocycles. The fourth-order valence-corrected chi connectivity index (χ4v) is 2.13. The molecule has 1 aliphatic heterocycles. The van der Waals surface area contributed by atoms with Crippen molar-refractivity contribution in [2.75, 3.05) is 26.3 Å². The molecule has 2 rings (SSSR count). The quantitative estimate of drug-likeness (QED) is 0.834. The molecule has 1 heterocycles. The number of halogens is 4. The summed E-state index contributed by atoms with van der Waals surface area (Å²) >= 11 is 0. The van der Waals surface area contributed by atoms with E-state index in [0.717, 1.165) is 5.56 Å². The normalized spacial score (nSPS) is 17.8. The number of morpholine rings is 1. The topological polar surface area (TPSA) is 59.6 Å². The molecule has 0 spiro atoms. The number of rotatable bonds is 5. The molecular formula is C15H20ClF3N2O3. The molecule has 24 heavy (non-hydrogen) atoms. The van der Waals surface area contributed by atoms with Crippen molar-refractivity contribution in [3.63, 3.8) is 0 Å². The molecule has 1 fully saturated rings. The van der Waals surface area contributed by atoms with Gasteiger partial charge in [0.05, 0.1) is 6.61 Å². The number of hydrogen-bond acceptors (Lipinski definition) is 4. The highest BCUT2D eigenvalue weighted by Crippen LogP contribution is 2.23. The molecule has 1 unspecified atom stereocenters. The highest BCUT2D eigenvalue weighted by Gasteiger charge is 2.29. The number of carbonyl (C=O) groups is 1. The minimum atomic E-state index is -4.41. The predicted molar refractivity (Wildman–Crippen MR) is 84.4 cm³/mol. The highest BCUT2D eigenvalue weighted by molar-refractivity contribution is 5.85. The molecule has 9 heteroatoms. The van der Waals surface area contributed by atoms with Gasteiger partial charge in [0.1, 0.15) is 11.9 Å². The zero-order valence-corrected chi connectivity index (χ0v) is 13.9. The van der Waals surface area contributed by atoms with Gasteiger partial charge in [0, 0.05) is 25.2 Å². The van der Waals surface area contributed by atoms with E-state index >= 15 is 0 Å². The summed E-state index contributed by atoms with van der Waals surface area (Å²) in [7, 11) is 0. The maximum atomic E-state index is 12.3. The lowest BCUT2D eigenvalue weighted by Crippen LogP contribution is -2.47. The second-order valence-electron chi connectivity index (χ2n) is 5.30. The molecule has 0 saturated carbocycles. The lowest BCUT2D eigenvalue weighted by atomic mass is 10.1. The Hall–Kier alpha value is -1.51. The van der Waals surface area contributed by atoms with E-state index in [-0.39, 0.29) is 30.6 Å². The Morgan fingerprint density at radius 1 is 1.46 bits per heavy atom. The van der Waals surface area contributed by atoms with E-state index in [0.29, 0.717) is 25.3 Å². The summed E-state index contributed by atoms with van der Waals surface area (Å²) in [5, 5.41) is 5.69. The maximum absolute atomic E-state index is 12.3. The molecule has 1 aliphatic rings. The molecule has 5 nitrogen and oxygen atoms in total. The fraction of sp³-hybridized carbons (Fsp3) is 0.533. The van der Waals surface area contributed by atoms with Crippen LogP contribution in [0.4, 0.5) is 13.2 Å². The first-order valence-electron chi connectivity index (χ1n) is 7.24. The zero-order chi connectivity index (χ0) is 16.9. The molecule has 1 saturated heterocycles. The maximum Gasteiger partial charge on any atom is 0.422 e. The SMILES string of the molecule is Cc1ccc(CNC(=O)C2CNCCO2)c(OCC(F)(F)F)c1.Cl. The summed E-state index contributed by atoms with van der Waals surface area (Å²) < 4.78 is 47.1. The lowest BCUT2D eigenvalue weighted by Gasteiger charge is -2.23. The smallest absolute Gasteiger partial charge is 0.422 e. The number of carbonyl (C=O) groups excluding carboxylic acids is 1. The predicted octanol–water partition coefficient (Wildman–Crippen LogP) is 1.96. The third-order valence-electron chi connectivity index (χ3n) is 3.29. The Morgan fingerprint density at radius 3 is 2.83 bits per heavy atom. The summed E-state index contributed by atoms with van der Waals surface area (Å²) in [5.41, 5.74) is 1.26. The zero-order valence-electron chi connectivity index (χ0n) is 13.1. The van der Waals surface area contributed by atoms with Gasteiger partial charge in [-0.25, -0.2) is 0 Å². The fourth-order valence-electron chi connectivity index (χ4n) is 2.13. The standard InChI is InChI=1S/C15H19F3N2O3.ClH/c1-10-2-3-11(12(6-10)23-9-15(16,17)18)7-20-14(21)13-8-19-4-5-22-13;/h2-3,6,13,19H,4-5,7-9H2,1H3,(H,20,21);1H. The van der Waals surface area contributed by atoms with Gasteiger partial charge >= 0.3 is 6.18 Å². The summed E-state index contributed by atoms with van der Waals surface area (Å²) in [6.45, 7) is 2.01. The van der Waals surface area contributed by atoms with Crippen molar-refractivity contribution in [3.05, 3.63) is 29.3 Å². The first kappa shape index (κ1) is 20.5. The first-order chi connectivity index (χ1) is 10.8. The monoisotopic (exact) mass is 368 g/mol. The Kier molecular flexibility index (Phi) is 7.78. The van der Waals surface area contributed by atoms with Crippen molar-refractivity contribution >= 4 is 18.3 Å². The number of amides is 1. The van der Waals surface area contributed by atoms with Gasteiger partial charge < -0.3 is 20.1 Å². The molecule has 1 aromatic rings. The first-order valence-corrected chi connectivity index (χ1v) is 7.24. The molecule has 2 N–H and O–H groups in total. The summed E-state index contributed by atoms with van der Waals surface area (Å²) in [4.78, 5) is 12.0. The van der Waals surface area contributed by atoms with Crippen molar-refractivity contribution in [2.24, 2.45) is 0 Å². The number of benzene rings is 1. The van der Waals surface area contributed by atoms with Gasteiger partial charge in [0.25, 0.3) is 5.91 Å². The molecule has 1 aromatic carbocycles. The number of nitrogens with one attached hydrogen (secondary N) is 2. The van der Waals surface area contributed by atoms with E-state index < -0.39 is 18.9 Å². The Labute approximate surface area is 144 Å². The molecular weight excluding hydrogens is 349 g/mol. The number of alkyl halides is 3. The minimum absolute atomic E-state index is 0. The van der Waals surface area contributed by atoms with Crippen LogP contribution < -0.4 is 15.4 Å². The Bertz CT molecular complexity index is 549. The van der Waals surface area contributed by atoms with Crippen LogP contribution in [0.1, 0.15) is 11.1 Å². The van der Waals surface area contributed by atoms with Crippen molar-refractivity contribution in [3.8, 4) is 5.75 Å². The third-order valence-corrected chi connectivity index (χ3v) is 3.29. The van der Waals surface area contributed by atoms with E-state index in [1.807, 2.05) is 0 Å². The van der Waals surface area contributed by atoms with Gasteiger partial charge in [-0.15, -0.1) is 12.4 Å². The van der Waals surface area contributed by atoms with Crippen LogP contribution in [0.2, 0.25) is 0 Å². The minimum Gasteiger partial charge on any atom is -0.484 e. The second-order valence-corrected chi connectivity index (χ2v) is 5.30. The molecule has 136 valence electrons. The van der Waals surface area contributed by atoms with Gasteiger partial charge in [-0.05, 0) is 18.6 Å². The van der Waals surface area contributed by atoms with Gasteiger partial charge in [-0.3, -0.25) is 4.79 Å². The average molecular weight is 369 g/mol. The van der Waals surface area contributed by atoms with Crippen LogP contribution in [0.25, 0.3) is 0 Å². The van der Waals surface area contributed by atoms with Crippen LogP contribution >= 0.6 is 12.4 Å². The molecule has 0 bridgehead atoms. The molecule has 0 radical (unpaired) electrons. The Morgan fingerprint density at radius 2 is 2.21 bits per heavy atom. The summed E-state index contributed by atoms with van der Waals surface area (Å²) in [5.74, 6) is -0.190. The van der Waals surface area contributed by atoms with Gasteiger partial charge in [0.2, 0.25) is 0 Å². The van der Waals surface area contributed by atoms with Gasteiger partial charge in [-0.2, -0.15) is 13.2 Å². The van der Waals surface area contributed by atoms with Gasteiger partial charge in [0.15, 0.2) is 6.61 Å². The lowest BCUT2D eigenvalue weighted by molar-refractivity contribution is -0.153. The molecule has 1 amide bonds. The van der Waals surface area contributed by atoms with Crippen LogP contribution in [0.3, 0.4) is 0 Å².